The van der Waals surface area contributed by atoms with Gasteiger partial charge in [-0.25, -0.2) is 0 Å². The Morgan fingerprint density at radius 1 is 1.32 bits per heavy atom. The van der Waals surface area contributed by atoms with Gasteiger partial charge in [-0.2, -0.15) is 0 Å². The van der Waals surface area contributed by atoms with Gasteiger partial charge in [-0.15, -0.1) is 0 Å². The average molecular weight is 325 g/mol. The van der Waals surface area contributed by atoms with Crippen molar-refractivity contribution in [2.45, 2.75) is 38.7 Å². The summed E-state index contributed by atoms with van der Waals surface area (Å²) in [6, 6.07) is 6.52. The average Bonchev–Trinajstić information content (AvgIpc) is 2.81. The molecule has 1 saturated heterocycles. The maximum absolute atomic E-state index is 6.13. The van der Waals surface area contributed by atoms with E-state index >= 15 is 0 Å². The molecule has 0 saturated carbocycles. The zero-order valence-corrected chi connectivity index (χ0v) is 13.0. The first-order valence-electron chi connectivity index (χ1n) is 7.11. The van der Waals surface area contributed by atoms with Crippen LogP contribution in [-0.2, 0) is 11.2 Å². The van der Waals surface area contributed by atoms with Gasteiger partial charge in [-0.3, -0.25) is 0 Å². The molecule has 2 nitrogen and oxygen atoms in total. The highest BCUT2D eigenvalue weighted by Crippen LogP contribution is 2.41. The summed E-state index contributed by atoms with van der Waals surface area (Å²) >= 11 is 3.71. The standard InChI is InChI=1S/C16H21BrO2/c1-12-2-3-15-13(8-12)9-14(19-15)10-16(11-17)4-6-18-7-5-16/h2-3,8,14H,4-7,9-11H2,1H3. The highest BCUT2D eigenvalue weighted by molar-refractivity contribution is 9.09. The van der Waals surface area contributed by atoms with Gasteiger partial charge < -0.3 is 9.47 Å². The van der Waals surface area contributed by atoms with E-state index in [4.69, 9.17) is 9.47 Å². The van der Waals surface area contributed by atoms with Crippen molar-refractivity contribution in [1.82, 2.24) is 0 Å². The largest absolute Gasteiger partial charge is 0.490 e. The smallest absolute Gasteiger partial charge is 0.123 e. The molecule has 0 radical (unpaired) electrons. The number of fused-ring (bicyclic) bond motifs is 1. The summed E-state index contributed by atoms with van der Waals surface area (Å²) in [7, 11) is 0. The van der Waals surface area contributed by atoms with Gasteiger partial charge in [0.2, 0.25) is 0 Å². The summed E-state index contributed by atoms with van der Waals surface area (Å²) in [5, 5.41) is 1.05. The summed E-state index contributed by atoms with van der Waals surface area (Å²) in [5.41, 5.74) is 3.06. The van der Waals surface area contributed by atoms with Crippen molar-refractivity contribution in [2.75, 3.05) is 18.5 Å². The van der Waals surface area contributed by atoms with Crippen LogP contribution in [0.4, 0.5) is 0 Å². The van der Waals surface area contributed by atoms with Gasteiger partial charge in [0.15, 0.2) is 0 Å². The van der Waals surface area contributed by atoms with E-state index in [0.717, 1.165) is 50.0 Å². The Bertz CT molecular complexity index is 452. The van der Waals surface area contributed by atoms with E-state index in [0.29, 0.717) is 11.5 Å². The SMILES string of the molecule is Cc1ccc2c(c1)CC(CC1(CBr)CCOCC1)O2. The van der Waals surface area contributed by atoms with Gasteiger partial charge in [-0.05, 0) is 43.2 Å². The first-order chi connectivity index (χ1) is 9.21. The Labute approximate surface area is 123 Å². The van der Waals surface area contributed by atoms with Crippen molar-refractivity contribution in [3.8, 4) is 5.75 Å². The van der Waals surface area contributed by atoms with Crippen molar-refractivity contribution in [2.24, 2.45) is 5.41 Å². The Kier molecular flexibility index (Phi) is 3.86. The predicted molar refractivity (Wildman–Crippen MR) is 80.2 cm³/mol. The van der Waals surface area contributed by atoms with E-state index in [1.54, 1.807) is 0 Å². The Morgan fingerprint density at radius 2 is 2.11 bits per heavy atom. The lowest BCUT2D eigenvalue weighted by Crippen LogP contribution is -2.36. The van der Waals surface area contributed by atoms with Gasteiger partial charge in [0.05, 0.1) is 0 Å². The topological polar surface area (TPSA) is 18.5 Å². The Hall–Kier alpha value is -0.540. The molecule has 0 spiro atoms. The molecule has 1 unspecified atom stereocenters. The maximum Gasteiger partial charge on any atom is 0.123 e. The molecule has 3 heteroatoms. The van der Waals surface area contributed by atoms with E-state index in [2.05, 4.69) is 41.1 Å². The van der Waals surface area contributed by atoms with Gasteiger partial charge in [0, 0.05) is 25.0 Å². The summed E-state index contributed by atoms with van der Waals surface area (Å²) in [4.78, 5) is 0. The third-order valence-electron chi connectivity index (χ3n) is 4.45. The monoisotopic (exact) mass is 324 g/mol. The molecule has 2 aliphatic rings. The molecule has 0 N–H and O–H groups in total. The first-order valence-corrected chi connectivity index (χ1v) is 8.23. The van der Waals surface area contributed by atoms with Crippen molar-refractivity contribution in [1.29, 1.82) is 0 Å². The molecule has 1 aromatic carbocycles. The zero-order valence-electron chi connectivity index (χ0n) is 11.5. The van der Waals surface area contributed by atoms with E-state index in [9.17, 15) is 0 Å². The zero-order chi connectivity index (χ0) is 13.3. The predicted octanol–water partition coefficient (Wildman–Crippen LogP) is 3.88. The van der Waals surface area contributed by atoms with Gasteiger partial charge >= 0.3 is 0 Å². The van der Waals surface area contributed by atoms with Gasteiger partial charge in [0.25, 0.3) is 0 Å². The molecule has 1 fully saturated rings. The minimum atomic E-state index is 0.340. The number of hydrogen-bond donors (Lipinski definition) is 0. The molecule has 104 valence electrons. The molecule has 0 bridgehead atoms. The van der Waals surface area contributed by atoms with Gasteiger partial charge in [-0.1, -0.05) is 33.6 Å². The van der Waals surface area contributed by atoms with Crippen molar-refractivity contribution < 1.29 is 9.47 Å². The minimum absolute atomic E-state index is 0.340. The molecule has 3 rings (SSSR count). The molecule has 1 aromatic rings. The number of ether oxygens (including phenoxy) is 2. The number of rotatable bonds is 3. The molecular formula is C16H21BrO2. The van der Waals surface area contributed by atoms with Crippen LogP contribution in [0, 0.1) is 12.3 Å². The van der Waals surface area contributed by atoms with Crippen LogP contribution in [0.1, 0.15) is 30.4 Å². The summed E-state index contributed by atoms with van der Waals surface area (Å²) in [5.74, 6) is 1.09. The lowest BCUT2D eigenvalue weighted by atomic mass is 9.77. The molecule has 2 heterocycles. The second-order valence-corrected chi connectivity index (χ2v) is 6.57. The van der Waals surface area contributed by atoms with Crippen molar-refractivity contribution >= 4 is 15.9 Å². The number of halogens is 1. The van der Waals surface area contributed by atoms with Crippen molar-refractivity contribution in [3.05, 3.63) is 29.3 Å². The summed E-state index contributed by atoms with van der Waals surface area (Å²) in [6.07, 6.45) is 4.83. The fourth-order valence-corrected chi connectivity index (χ4v) is 4.03. The quantitative estimate of drug-likeness (QED) is 0.785. The molecule has 1 atom stereocenters. The molecule has 2 aliphatic heterocycles. The van der Waals surface area contributed by atoms with Crippen LogP contribution in [0.25, 0.3) is 0 Å². The van der Waals surface area contributed by atoms with E-state index < -0.39 is 0 Å². The lowest BCUT2D eigenvalue weighted by molar-refractivity contribution is 0.00665. The number of alkyl halides is 1. The second kappa shape index (κ2) is 5.45. The normalized spacial score (nSPS) is 24.8. The Morgan fingerprint density at radius 3 is 2.84 bits per heavy atom. The minimum Gasteiger partial charge on any atom is -0.490 e. The number of benzene rings is 1. The van der Waals surface area contributed by atoms with Crippen LogP contribution >= 0.6 is 15.9 Å². The Balaban J connectivity index is 1.69. The highest BCUT2D eigenvalue weighted by atomic mass is 79.9. The van der Waals surface area contributed by atoms with Crippen LogP contribution in [0.15, 0.2) is 18.2 Å². The van der Waals surface area contributed by atoms with Crippen molar-refractivity contribution in [3.63, 3.8) is 0 Å². The molecule has 0 aliphatic carbocycles. The van der Waals surface area contributed by atoms with Crippen LogP contribution < -0.4 is 4.74 Å². The maximum atomic E-state index is 6.13. The molecular weight excluding hydrogens is 304 g/mol. The third-order valence-corrected chi connectivity index (χ3v) is 5.64. The lowest BCUT2D eigenvalue weighted by Gasteiger charge is -2.37. The van der Waals surface area contributed by atoms with E-state index in [-0.39, 0.29) is 0 Å². The second-order valence-electron chi connectivity index (χ2n) is 6.01. The third kappa shape index (κ3) is 2.82. The van der Waals surface area contributed by atoms with E-state index in [1.807, 2.05) is 0 Å². The van der Waals surface area contributed by atoms with Gasteiger partial charge in [0.1, 0.15) is 11.9 Å². The molecule has 19 heavy (non-hydrogen) atoms. The summed E-state index contributed by atoms with van der Waals surface area (Å²) < 4.78 is 11.6. The highest BCUT2D eigenvalue weighted by Gasteiger charge is 2.37. The van der Waals surface area contributed by atoms with Crippen LogP contribution in [0.2, 0.25) is 0 Å². The number of hydrogen-bond acceptors (Lipinski definition) is 2. The fourth-order valence-electron chi connectivity index (χ4n) is 3.24. The van der Waals surface area contributed by atoms with E-state index in [1.165, 1.54) is 11.1 Å². The number of aryl methyl sites for hydroxylation is 1. The van der Waals surface area contributed by atoms with Crippen LogP contribution in [0.3, 0.4) is 0 Å². The fraction of sp³-hybridized carbons (Fsp3) is 0.625. The first kappa shape index (κ1) is 13.4. The van der Waals surface area contributed by atoms with Crippen LogP contribution in [0.5, 0.6) is 5.75 Å². The summed E-state index contributed by atoms with van der Waals surface area (Å²) in [6.45, 7) is 3.93. The van der Waals surface area contributed by atoms with Crippen LogP contribution in [-0.4, -0.2) is 24.6 Å². The molecule has 0 amide bonds. The molecule has 0 aromatic heterocycles.